The maximum absolute atomic E-state index is 12.8. The zero-order valence-corrected chi connectivity index (χ0v) is 22.1. The van der Waals surface area contributed by atoms with Crippen molar-refractivity contribution < 1.29 is 4.79 Å². The molecule has 0 aliphatic carbocycles. The zero-order chi connectivity index (χ0) is 24.1. The fourth-order valence-electron chi connectivity index (χ4n) is 3.53. The summed E-state index contributed by atoms with van der Waals surface area (Å²) in [6.07, 6.45) is 4.09. The number of carbonyl (C=O) groups excluding carboxylic acids is 1. The number of nitrogens with two attached hydrogens (primary N) is 1. The lowest BCUT2D eigenvalue weighted by Gasteiger charge is -2.12. The molecule has 178 valence electrons. The second-order valence-corrected chi connectivity index (χ2v) is 11.5. The molecule has 0 aliphatic heterocycles. The number of anilines is 1. The Labute approximate surface area is 212 Å². The molecule has 0 atom stereocenters. The van der Waals surface area contributed by atoms with Crippen molar-refractivity contribution in [2.24, 2.45) is 0 Å². The molecule has 4 rings (SSSR count). The number of likely N-dealkylation sites (N-methyl/N-ethyl adjacent to an activating group) is 1. The second kappa shape index (κ2) is 11.3. The van der Waals surface area contributed by atoms with Crippen LogP contribution < -0.4 is 11.1 Å². The lowest BCUT2D eigenvalue weighted by atomic mass is 9.99. The predicted octanol–water partition coefficient (Wildman–Crippen LogP) is 5.85. The van der Waals surface area contributed by atoms with Crippen molar-refractivity contribution >= 4 is 56.2 Å². The van der Waals surface area contributed by atoms with Gasteiger partial charge in [-0.1, -0.05) is 25.5 Å². The molecule has 1 aromatic carbocycles. The first-order chi connectivity index (χ1) is 16.5. The van der Waals surface area contributed by atoms with Crippen LogP contribution in [0.25, 0.3) is 32.0 Å². The van der Waals surface area contributed by atoms with E-state index in [1.807, 2.05) is 54.7 Å². The first-order valence-electron chi connectivity index (χ1n) is 11.3. The average molecular weight is 512 g/mol. The van der Waals surface area contributed by atoms with Gasteiger partial charge in [0.15, 0.2) is 0 Å². The topological polar surface area (TPSA) is 84.1 Å². The highest BCUT2D eigenvalue weighted by Crippen LogP contribution is 2.45. The molecule has 3 N–H and O–H groups in total. The van der Waals surface area contributed by atoms with Gasteiger partial charge in [-0.25, -0.2) is 9.97 Å². The van der Waals surface area contributed by atoms with E-state index in [1.165, 1.54) is 0 Å². The lowest BCUT2D eigenvalue weighted by molar-refractivity contribution is 0.0951. The molecular weight excluding hydrogens is 483 g/mol. The van der Waals surface area contributed by atoms with Crippen LogP contribution in [0.5, 0.6) is 0 Å². The number of nitrogens with one attached hydrogen (secondary N) is 1. The van der Waals surface area contributed by atoms with E-state index in [0.717, 1.165) is 67.1 Å². The molecule has 0 radical (unpaired) electrons. The summed E-state index contributed by atoms with van der Waals surface area (Å²) in [5.74, 6) is 0.952. The second-order valence-electron chi connectivity index (χ2n) is 8.22. The molecule has 0 fully saturated rings. The molecule has 34 heavy (non-hydrogen) atoms. The quantitative estimate of drug-likeness (QED) is 0.205. The summed E-state index contributed by atoms with van der Waals surface area (Å²) in [6.45, 7) is 3.58. The summed E-state index contributed by atoms with van der Waals surface area (Å²) in [5, 5.41) is 6.77. The Kier molecular flexibility index (Phi) is 8.20. The minimum Gasteiger partial charge on any atom is -0.397 e. The van der Waals surface area contributed by atoms with E-state index in [2.05, 4.69) is 17.2 Å². The number of pyridine rings is 1. The highest BCUT2D eigenvalue weighted by atomic mass is 32.2. The minimum atomic E-state index is -0.0803. The molecule has 0 unspecified atom stereocenters. The third-order valence-electron chi connectivity index (χ3n) is 5.33. The van der Waals surface area contributed by atoms with E-state index in [0.29, 0.717) is 12.1 Å². The first kappa shape index (κ1) is 24.7. The molecule has 0 spiro atoms. The molecule has 0 saturated heterocycles. The summed E-state index contributed by atoms with van der Waals surface area (Å²) >= 11 is 5.00. The normalized spacial score (nSPS) is 11.4. The van der Waals surface area contributed by atoms with Gasteiger partial charge in [0.1, 0.15) is 15.5 Å². The lowest BCUT2D eigenvalue weighted by Crippen LogP contribution is -2.31. The van der Waals surface area contributed by atoms with Gasteiger partial charge >= 0.3 is 0 Å². The minimum absolute atomic E-state index is 0.0803. The number of aromatic nitrogens is 2. The van der Waals surface area contributed by atoms with Gasteiger partial charge in [0.05, 0.1) is 9.90 Å². The number of unbranched alkanes of at least 4 members (excludes halogenated alkanes) is 1. The molecule has 0 aliphatic rings. The van der Waals surface area contributed by atoms with Crippen molar-refractivity contribution in [1.82, 2.24) is 20.2 Å². The number of fused-ring (bicyclic) bond motifs is 1. The van der Waals surface area contributed by atoms with E-state index in [9.17, 15) is 4.79 Å². The Balaban J connectivity index is 1.77. The highest BCUT2D eigenvalue weighted by molar-refractivity contribution is 8.01. The van der Waals surface area contributed by atoms with Crippen LogP contribution in [0.15, 0.2) is 46.1 Å². The number of nitrogens with zero attached hydrogens (tertiary/aromatic N) is 3. The summed E-state index contributed by atoms with van der Waals surface area (Å²) in [7, 11) is 3.98. The van der Waals surface area contributed by atoms with Gasteiger partial charge in [0, 0.05) is 35.6 Å². The third-order valence-corrected chi connectivity index (χ3v) is 8.60. The number of nitrogen functional groups attached to an aromatic ring is 1. The highest BCUT2D eigenvalue weighted by Gasteiger charge is 2.19. The molecule has 1 amide bonds. The number of hydrogen-bond acceptors (Lipinski definition) is 8. The van der Waals surface area contributed by atoms with Gasteiger partial charge in [0.25, 0.3) is 5.91 Å². The van der Waals surface area contributed by atoms with Crippen molar-refractivity contribution in [2.75, 3.05) is 38.7 Å². The SMILES string of the molecule is CCCCSc1sc2nc(-c3nccs3)cc(-c3cccc(C(=O)NCCN(C)C)c3)c2c1N. The molecular formula is C25H29N5OS3. The summed E-state index contributed by atoms with van der Waals surface area (Å²) in [6, 6.07) is 9.78. The average Bonchev–Trinajstić information content (AvgIpc) is 3.47. The Bertz CT molecular complexity index is 1270. The molecule has 0 saturated carbocycles. The van der Waals surface area contributed by atoms with E-state index < -0.39 is 0 Å². The predicted molar refractivity (Wildman–Crippen MR) is 147 cm³/mol. The van der Waals surface area contributed by atoms with E-state index >= 15 is 0 Å². The monoisotopic (exact) mass is 511 g/mol. The molecule has 0 bridgehead atoms. The van der Waals surface area contributed by atoms with Gasteiger partial charge in [-0.2, -0.15) is 0 Å². The van der Waals surface area contributed by atoms with Crippen LogP contribution in [-0.4, -0.2) is 53.7 Å². The fourth-order valence-corrected chi connectivity index (χ4v) is 6.58. The van der Waals surface area contributed by atoms with Crippen molar-refractivity contribution in [3.8, 4) is 21.8 Å². The van der Waals surface area contributed by atoms with Crippen LogP contribution in [0.4, 0.5) is 5.69 Å². The molecule has 6 nitrogen and oxygen atoms in total. The van der Waals surface area contributed by atoms with Crippen LogP contribution in [0.1, 0.15) is 30.1 Å². The molecule has 4 aromatic rings. The molecule has 3 heterocycles. The summed E-state index contributed by atoms with van der Waals surface area (Å²) in [5.41, 5.74) is 10.8. The number of amides is 1. The number of thiazole rings is 1. The number of hydrogen-bond donors (Lipinski definition) is 2. The van der Waals surface area contributed by atoms with Crippen LogP contribution >= 0.6 is 34.4 Å². The van der Waals surface area contributed by atoms with Gasteiger partial charge in [-0.05, 0) is 55.6 Å². The molecule has 9 heteroatoms. The van der Waals surface area contributed by atoms with Crippen LogP contribution in [0.3, 0.4) is 0 Å². The zero-order valence-electron chi connectivity index (χ0n) is 19.6. The van der Waals surface area contributed by atoms with Crippen molar-refractivity contribution in [1.29, 1.82) is 0 Å². The van der Waals surface area contributed by atoms with Gasteiger partial charge in [-0.3, -0.25) is 4.79 Å². The van der Waals surface area contributed by atoms with Gasteiger partial charge in [-0.15, -0.1) is 34.4 Å². The van der Waals surface area contributed by atoms with Crippen molar-refractivity contribution in [3.63, 3.8) is 0 Å². The Morgan fingerprint density at radius 1 is 1.26 bits per heavy atom. The smallest absolute Gasteiger partial charge is 0.251 e. The third kappa shape index (κ3) is 5.60. The summed E-state index contributed by atoms with van der Waals surface area (Å²) in [4.78, 5) is 25.1. The number of benzene rings is 1. The molecule has 3 aromatic heterocycles. The Morgan fingerprint density at radius 2 is 2.12 bits per heavy atom. The van der Waals surface area contributed by atoms with Crippen LogP contribution in [0.2, 0.25) is 0 Å². The van der Waals surface area contributed by atoms with Gasteiger partial charge in [0.2, 0.25) is 0 Å². The standard InChI is InChI=1S/C25H29N5OS3/c1-4-5-12-33-25-21(26)20-18(15-19(29-24(20)34-25)23-28-10-13-32-23)16-7-6-8-17(14-16)22(31)27-9-11-30(2)3/h6-8,10,13-15H,4-5,9,11-12,26H2,1-3H3,(H,27,31). The number of thioether (sulfide) groups is 1. The largest absolute Gasteiger partial charge is 0.397 e. The van der Waals surface area contributed by atoms with E-state index in [1.54, 1.807) is 40.6 Å². The van der Waals surface area contributed by atoms with Crippen LogP contribution in [-0.2, 0) is 0 Å². The number of carbonyl (C=O) groups is 1. The van der Waals surface area contributed by atoms with Crippen molar-refractivity contribution in [3.05, 3.63) is 47.5 Å². The number of thiophene rings is 1. The van der Waals surface area contributed by atoms with Crippen molar-refractivity contribution in [2.45, 2.75) is 24.0 Å². The van der Waals surface area contributed by atoms with E-state index in [4.69, 9.17) is 10.7 Å². The fraction of sp³-hybridized carbons (Fsp3) is 0.320. The van der Waals surface area contributed by atoms with E-state index in [-0.39, 0.29) is 5.91 Å². The first-order valence-corrected chi connectivity index (χ1v) is 13.9. The number of rotatable bonds is 10. The van der Waals surface area contributed by atoms with Crippen LogP contribution in [0, 0.1) is 0 Å². The maximum Gasteiger partial charge on any atom is 0.251 e. The summed E-state index contributed by atoms with van der Waals surface area (Å²) < 4.78 is 1.10. The Morgan fingerprint density at radius 3 is 2.85 bits per heavy atom. The maximum atomic E-state index is 12.8. The Hall–Kier alpha value is -2.46. The van der Waals surface area contributed by atoms with Gasteiger partial charge < -0.3 is 16.0 Å².